The van der Waals surface area contributed by atoms with E-state index in [0.29, 0.717) is 4.88 Å². The van der Waals surface area contributed by atoms with E-state index in [1.807, 2.05) is 6.92 Å². The molecule has 0 bridgehead atoms. The number of H-pyrrole nitrogens is 1. The molecule has 0 aromatic carbocycles. The van der Waals surface area contributed by atoms with Crippen LogP contribution in [0, 0.1) is 0 Å². The molecule has 1 heterocycles. The summed E-state index contributed by atoms with van der Waals surface area (Å²) in [5.74, 6) is -0.813. The molecule has 1 aromatic heterocycles. The molecule has 0 spiro atoms. The topological polar surface area (TPSA) is 53.1 Å². The predicted octanol–water partition coefficient (Wildman–Crippen LogP) is 1.73. The van der Waals surface area contributed by atoms with Gasteiger partial charge in [-0.2, -0.15) is 0 Å². The first kappa shape index (κ1) is 7.34. The molecule has 1 rings (SSSR count). The highest BCUT2D eigenvalue weighted by Gasteiger charge is 2.13. The fraction of sp³-hybridized carbons (Fsp3) is 0.500. The van der Waals surface area contributed by atoms with Crippen molar-refractivity contribution >= 4 is 17.5 Å². The van der Waals surface area contributed by atoms with Crippen LogP contribution in [0.3, 0.4) is 0 Å². The number of carboxylic acid groups (broad SMARTS) is 1. The van der Waals surface area contributed by atoms with E-state index >= 15 is 0 Å². The van der Waals surface area contributed by atoms with Crippen LogP contribution in [0.25, 0.3) is 0 Å². The zero-order chi connectivity index (χ0) is 7.56. The molecular formula is C6H9NO2S. The summed E-state index contributed by atoms with van der Waals surface area (Å²) >= 11 is 1.19. The normalized spacial score (nSPS) is 10.1. The molecule has 56 valence electrons. The molecule has 3 nitrogen and oxygen atoms in total. The zero-order valence-electron chi connectivity index (χ0n) is 5.68. The van der Waals surface area contributed by atoms with Gasteiger partial charge in [-0.1, -0.05) is 24.9 Å². The Morgan fingerprint density at radius 3 is 2.80 bits per heavy atom. The monoisotopic (exact) mass is 159 g/mol. The number of aromatic carboxylic acids is 1. The molecule has 0 radical (unpaired) electrons. The molecule has 0 aliphatic rings. The average molecular weight is 159 g/mol. The molecule has 0 saturated carbocycles. The SMILES string of the molecule is CCCc1[nH]sc1C(=O)O. The maximum absolute atomic E-state index is 10.3. The number of hydrogen-bond donors (Lipinski definition) is 2. The first-order chi connectivity index (χ1) is 4.75. The summed E-state index contributed by atoms with van der Waals surface area (Å²) < 4.78 is 2.89. The molecule has 0 unspecified atom stereocenters. The molecule has 0 amide bonds. The van der Waals surface area contributed by atoms with Gasteiger partial charge in [-0.05, 0) is 6.42 Å². The average Bonchev–Trinajstić information content (AvgIpc) is 1.78. The van der Waals surface area contributed by atoms with Gasteiger partial charge in [0, 0.05) is 0 Å². The number of aryl methyl sites for hydroxylation is 1. The fourth-order valence-electron chi connectivity index (χ4n) is 0.762. The van der Waals surface area contributed by atoms with Gasteiger partial charge in [0.2, 0.25) is 0 Å². The summed E-state index contributed by atoms with van der Waals surface area (Å²) in [6, 6.07) is 0. The summed E-state index contributed by atoms with van der Waals surface area (Å²) in [6.07, 6.45) is 1.83. The molecule has 0 atom stereocenters. The third kappa shape index (κ3) is 1.21. The Morgan fingerprint density at radius 1 is 1.80 bits per heavy atom. The number of hydrogen-bond acceptors (Lipinski definition) is 2. The first-order valence-corrected chi connectivity index (χ1v) is 3.96. The number of carbonyl (C=O) groups is 1. The van der Waals surface area contributed by atoms with Gasteiger partial charge in [-0.3, -0.25) is 0 Å². The van der Waals surface area contributed by atoms with E-state index in [9.17, 15) is 4.79 Å². The molecule has 2 N–H and O–H groups in total. The van der Waals surface area contributed by atoms with E-state index < -0.39 is 5.97 Å². The lowest BCUT2D eigenvalue weighted by atomic mass is 10.2. The number of aromatic amines is 1. The van der Waals surface area contributed by atoms with Gasteiger partial charge in [0.05, 0.1) is 5.69 Å². The molecule has 4 heteroatoms. The lowest BCUT2D eigenvalue weighted by molar-refractivity contribution is 0.0699. The summed E-state index contributed by atoms with van der Waals surface area (Å²) in [5, 5.41) is 8.51. The van der Waals surface area contributed by atoms with Crippen molar-refractivity contribution < 1.29 is 9.90 Å². The Balaban J connectivity index is 2.62. The van der Waals surface area contributed by atoms with Crippen molar-refractivity contribution in [3.05, 3.63) is 10.6 Å². The Morgan fingerprint density at radius 2 is 2.50 bits per heavy atom. The van der Waals surface area contributed by atoms with Crippen molar-refractivity contribution in [1.29, 1.82) is 0 Å². The van der Waals surface area contributed by atoms with Crippen LogP contribution < -0.4 is 0 Å². The maximum atomic E-state index is 10.3. The summed E-state index contributed by atoms with van der Waals surface area (Å²) in [7, 11) is 0. The van der Waals surface area contributed by atoms with E-state index in [2.05, 4.69) is 4.37 Å². The van der Waals surface area contributed by atoms with Crippen LogP contribution in [0.15, 0.2) is 0 Å². The van der Waals surface area contributed by atoms with Crippen LogP contribution in [0.4, 0.5) is 0 Å². The van der Waals surface area contributed by atoms with Crippen LogP contribution in [0.1, 0.15) is 28.7 Å². The maximum Gasteiger partial charge on any atom is 0.349 e. The molecule has 0 aliphatic heterocycles. The molecule has 1 aromatic rings. The minimum absolute atomic E-state index is 0.474. The standard InChI is InChI=1S/C6H9NO2S/c1-2-3-4-5(6(8)9)10-7-4/h7H,2-3H2,1H3,(H,8,9). The van der Waals surface area contributed by atoms with E-state index in [-0.39, 0.29) is 0 Å². The third-order valence-corrected chi connectivity index (χ3v) is 2.22. The Labute approximate surface area is 62.8 Å². The van der Waals surface area contributed by atoms with Crippen molar-refractivity contribution in [2.45, 2.75) is 19.8 Å². The van der Waals surface area contributed by atoms with Crippen molar-refractivity contribution in [2.24, 2.45) is 0 Å². The predicted molar refractivity (Wildman–Crippen MR) is 39.6 cm³/mol. The van der Waals surface area contributed by atoms with Crippen LogP contribution >= 0.6 is 11.5 Å². The third-order valence-electron chi connectivity index (χ3n) is 1.24. The van der Waals surface area contributed by atoms with Gasteiger partial charge < -0.3 is 9.48 Å². The number of aromatic nitrogens is 1. The Bertz CT molecular complexity index is 226. The molecule has 0 aliphatic carbocycles. The van der Waals surface area contributed by atoms with Gasteiger partial charge in [-0.15, -0.1) is 0 Å². The van der Waals surface area contributed by atoms with Gasteiger partial charge in [-0.25, -0.2) is 4.79 Å². The van der Waals surface area contributed by atoms with Crippen molar-refractivity contribution in [1.82, 2.24) is 4.37 Å². The van der Waals surface area contributed by atoms with Crippen LogP contribution in [0.5, 0.6) is 0 Å². The summed E-state index contributed by atoms with van der Waals surface area (Å²) in [4.78, 5) is 10.8. The van der Waals surface area contributed by atoms with Crippen LogP contribution in [0.2, 0.25) is 0 Å². The van der Waals surface area contributed by atoms with Gasteiger partial charge in [0.15, 0.2) is 0 Å². The minimum Gasteiger partial charge on any atom is -0.477 e. The quantitative estimate of drug-likeness (QED) is 0.705. The van der Waals surface area contributed by atoms with E-state index in [0.717, 1.165) is 18.5 Å². The number of carboxylic acids is 1. The van der Waals surface area contributed by atoms with Crippen LogP contribution in [-0.4, -0.2) is 15.4 Å². The molecular weight excluding hydrogens is 150 g/mol. The van der Waals surface area contributed by atoms with Gasteiger partial charge >= 0.3 is 5.97 Å². The fourth-order valence-corrected chi connectivity index (χ4v) is 1.40. The second kappa shape index (κ2) is 2.88. The van der Waals surface area contributed by atoms with E-state index in [4.69, 9.17) is 5.11 Å². The molecule has 0 saturated heterocycles. The smallest absolute Gasteiger partial charge is 0.349 e. The highest BCUT2D eigenvalue weighted by Crippen LogP contribution is 2.16. The van der Waals surface area contributed by atoms with Crippen molar-refractivity contribution in [3.63, 3.8) is 0 Å². The van der Waals surface area contributed by atoms with E-state index in [1.54, 1.807) is 0 Å². The molecule has 10 heavy (non-hydrogen) atoms. The Kier molecular flexibility index (Phi) is 2.11. The highest BCUT2D eigenvalue weighted by atomic mass is 32.1. The van der Waals surface area contributed by atoms with Crippen molar-refractivity contribution in [3.8, 4) is 0 Å². The highest BCUT2D eigenvalue weighted by molar-refractivity contribution is 7.09. The Hall–Kier alpha value is -0.770. The van der Waals surface area contributed by atoms with Gasteiger partial charge in [0.1, 0.15) is 4.88 Å². The summed E-state index contributed by atoms with van der Waals surface area (Å²) in [6.45, 7) is 2.02. The molecule has 0 fully saturated rings. The van der Waals surface area contributed by atoms with Crippen LogP contribution in [-0.2, 0) is 6.42 Å². The lowest BCUT2D eigenvalue weighted by Crippen LogP contribution is -2.05. The van der Waals surface area contributed by atoms with E-state index in [1.165, 1.54) is 11.5 Å². The lowest BCUT2D eigenvalue weighted by Gasteiger charge is -2.05. The number of nitrogens with one attached hydrogen (secondary N) is 1. The summed E-state index contributed by atoms with van der Waals surface area (Å²) in [5.41, 5.74) is 0.875. The van der Waals surface area contributed by atoms with Gasteiger partial charge in [0.25, 0.3) is 0 Å². The largest absolute Gasteiger partial charge is 0.477 e. The zero-order valence-corrected chi connectivity index (χ0v) is 6.49. The second-order valence-electron chi connectivity index (χ2n) is 2.07. The second-order valence-corrected chi connectivity index (χ2v) is 2.88. The minimum atomic E-state index is -0.813. The number of rotatable bonds is 3. The first-order valence-electron chi connectivity index (χ1n) is 3.15. The van der Waals surface area contributed by atoms with Crippen molar-refractivity contribution in [2.75, 3.05) is 0 Å².